The molecule has 2 aromatic rings. The van der Waals surface area contributed by atoms with Gasteiger partial charge in [0.25, 0.3) is 0 Å². The summed E-state index contributed by atoms with van der Waals surface area (Å²) in [6.07, 6.45) is 0. The van der Waals surface area contributed by atoms with Crippen LogP contribution in [0, 0.1) is 30.2 Å². The molecule has 2 N–H and O–H groups in total. The Morgan fingerprint density at radius 3 is 2.05 bits per heavy atom. The van der Waals surface area contributed by atoms with E-state index in [2.05, 4.69) is 0 Å². The minimum atomic E-state index is -1.57. The van der Waals surface area contributed by atoms with Gasteiger partial charge in [-0.3, -0.25) is 0 Å². The molecule has 0 aromatic heterocycles. The highest BCUT2D eigenvalue weighted by atomic mass is 19.2. The first-order valence-electron chi connectivity index (χ1n) is 5.56. The number of hydrogen-bond acceptors (Lipinski definition) is 1. The van der Waals surface area contributed by atoms with Crippen LogP contribution in [0.25, 0.3) is 0 Å². The topological polar surface area (TPSA) is 26.0 Å². The van der Waals surface area contributed by atoms with Gasteiger partial charge < -0.3 is 5.73 Å². The van der Waals surface area contributed by atoms with Gasteiger partial charge in [-0.1, -0.05) is 17.7 Å². The number of halogens is 4. The molecule has 0 spiro atoms. The second kappa shape index (κ2) is 5.01. The zero-order chi connectivity index (χ0) is 14.2. The van der Waals surface area contributed by atoms with E-state index in [1.54, 1.807) is 13.0 Å². The Morgan fingerprint density at radius 2 is 1.47 bits per heavy atom. The number of nitrogens with two attached hydrogens (primary N) is 1. The maximum Gasteiger partial charge on any atom is 0.194 e. The predicted molar refractivity (Wildman–Crippen MR) is 63.5 cm³/mol. The van der Waals surface area contributed by atoms with Crippen molar-refractivity contribution in [2.75, 3.05) is 0 Å². The number of benzene rings is 2. The van der Waals surface area contributed by atoms with Crippen LogP contribution in [0.4, 0.5) is 17.6 Å². The van der Waals surface area contributed by atoms with Crippen LogP contribution < -0.4 is 5.73 Å². The summed E-state index contributed by atoms with van der Waals surface area (Å²) in [4.78, 5) is 0. The van der Waals surface area contributed by atoms with Crippen LogP contribution in [-0.2, 0) is 0 Å². The van der Waals surface area contributed by atoms with Gasteiger partial charge in [-0.25, -0.2) is 17.6 Å². The highest BCUT2D eigenvalue weighted by Gasteiger charge is 2.18. The second-order valence-electron chi connectivity index (χ2n) is 4.30. The lowest BCUT2D eigenvalue weighted by molar-refractivity contribution is 0.444. The largest absolute Gasteiger partial charge is 0.320 e. The zero-order valence-corrected chi connectivity index (χ0v) is 10.1. The second-order valence-corrected chi connectivity index (χ2v) is 4.30. The molecular weight excluding hydrogens is 258 g/mol. The molecule has 0 fully saturated rings. The highest BCUT2D eigenvalue weighted by Crippen LogP contribution is 2.25. The molecule has 2 rings (SSSR count). The Hall–Kier alpha value is -1.88. The van der Waals surface area contributed by atoms with Crippen LogP contribution in [0.1, 0.15) is 22.7 Å². The van der Waals surface area contributed by atoms with Gasteiger partial charge in [-0.2, -0.15) is 0 Å². The summed E-state index contributed by atoms with van der Waals surface area (Å²) in [7, 11) is 0. The number of hydrogen-bond donors (Lipinski definition) is 1. The fraction of sp³-hybridized carbons (Fsp3) is 0.143. The third-order valence-electron chi connectivity index (χ3n) is 2.85. The maximum atomic E-state index is 13.6. The molecule has 1 unspecified atom stereocenters. The van der Waals surface area contributed by atoms with Gasteiger partial charge in [0.05, 0.1) is 6.04 Å². The van der Waals surface area contributed by atoms with Crippen molar-refractivity contribution in [1.82, 2.24) is 0 Å². The molecule has 0 radical (unpaired) electrons. The summed E-state index contributed by atoms with van der Waals surface area (Å²) in [5.41, 5.74) is 6.61. The molecule has 2 aromatic carbocycles. The van der Waals surface area contributed by atoms with Crippen molar-refractivity contribution in [2.24, 2.45) is 5.73 Å². The van der Waals surface area contributed by atoms with Crippen molar-refractivity contribution < 1.29 is 17.6 Å². The normalized spacial score (nSPS) is 12.5. The van der Waals surface area contributed by atoms with E-state index in [9.17, 15) is 17.6 Å². The molecule has 1 atom stereocenters. The molecule has 0 bridgehead atoms. The summed E-state index contributed by atoms with van der Waals surface area (Å²) >= 11 is 0. The summed E-state index contributed by atoms with van der Waals surface area (Å²) < 4.78 is 52.8. The molecule has 5 heteroatoms. The lowest BCUT2D eigenvalue weighted by Gasteiger charge is -2.14. The van der Waals surface area contributed by atoms with E-state index in [-0.39, 0.29) is 11.1 Å². The van der Waals surface area contributed by atoms with Gasteiger partial charge in [-0.15, -0.1) is 0 Å². The Morgan fingerprint density at radius 1 is 0.895 bits per heavy atom. The third kappa shape index (κ3) is 2.61. The zero-order valence-electron chi connectivity index (χ0n) is 10.1. The van der Waals surface area contributed by atoms with Crippen LogP contribution in [0.2, 0.25) is 0 Å². The predicted octanol–water partition coefficient (Wildman–Crippen LogP) is 3.60. The SMILES string of the molecule is Cc1ccc(F)c(C(N)c2cc(F)c(F)c(F)c2)c1. The summed E-state index contributed by atoms with van der Waals surface area (Å²) in [6.45, 7) is 1.74. The van der Waals surface area contributed by atoms with E-state index in [0.29, 0.717) is 0 Å². The molecular formula is C14H11F4N. The first-order chi connectivity index (χ1) is 8.90. The Labute approximate surface area is 107 Å². The molecule has 0 saturated heterocycles. The van der Waals surface area contributed by atoms with E-state index in [1.165, 1.54) is 12.1 Å². The first-order valence-corrected chi connectivity index (χ1v) is 5.56. The van der Waals surface area contributed by atoms with E-state index in [0.717, 1.165) is 17.7 Å². The Balaban J connectivity index is 2.49. The van der Waals surface area contributed by atoms with Crippen molar-refractivity contribution in [2.45, 2.75) is 13.0 Å². The average Bonchev–Trinajstić information content (AvgIpc) is 2.37. The van der Waals surface area contributed by atoms with E-state index in [4.69, 9.17) is 5.73 Å². The fourth-order valence-electron chi connectivity index (χ4n) is 1.84. The van der Waals surface area contributed by atoms with E-state index < -0.39 is 29.3 Å². The van der Waals surface area contributed by atoms with Gasteiger partial charge in [0.1, 0.15) is 5.82 Å². The molecule has 0 heterocycles. The monoisotopic (exact) mass is 269 g/mol. The maximum absolute atomic E-state index is 13.6. The molecule has 0 aliphatic heterocycles. The van der Waals surface area contributed by atoms with Crippen molar-refractivity contribution >= 4 is 0 Å². The molecule has 1 nitrogen and oxygen atoms in total. The number of rotatable bonds is 2. The van der Waals surface area contributed by atoms with Crippen LogP contribution in [0.15, 0.2) is 30.3 Å². The smallest absolute Gasteiger partial charge is 0.194 e. The van der Waals surface area contributed by atoms with Crippen LogP contribution in [0.3, 0.4) is 0 Å². The molecule has 0 aliphatic carbocycles. The van der Waals surface area contributed by atoms with Gasteiger partial charge >= 0.3 is 0 Å². The van der Waals surface area contributed by atoms with Gasteiger partial charge in [-0.05, 0) is 30.7 Å². The van der Waals surface area contributed by atoms with Crippen molar-refractivity contribution in [3.8, 4) is 0 Å². The van der Waals surface area contributed by atoms with Crippen molar-refractivity contribution in [1.29, 1.82) is 0 Å². The fourth-order valence-corrected chi connectivity index (χ4v) is 1.84. The first kappa shape index (κ1) is 13.5. The van der Waals surface area contributed by atoms with E-state index >= 15 is 0 Å². The minimum Gasteiger partial charge on any atom is -0.320 e. The Bertz CT molecular complexity index is 602. The lowest BCUT2D eigenvalue weighted by Crippen LogP contribution is -2.15. The lowest BCUT2D eigenvalue weighted by atomic mass is 9.97. The van der Waals surface area contributed by atoms with Gasteiger partial charge in [0.2, 0.25) is 0 Å². The van der Waals surface area contributed by atoms with Gasteiger partial charge in [0, 0.05) is 5.56 Å². The Kier molecular flexibility index (Phi) is 3.57. The molecule has 19 heavy (non-hydrogen) atoms. The quantitative estimate of drug-likeness (QED) is 0.654. The van der Waals surface area contributed by atoms with Crippen LogP contribution >= 0.6 is 0 Å². The van der Waals surface area contributed by atoms with Crippen molar-refractivity contribution in [3.05, 3.63) is 70.3 Å². The van der Waals surface area contributed by atoms with Gasteiger partial charge in [0.15, 0.2) is 17.5 Å². The van der Waals surface area contributed by atoms with Crippen molar-refractivity contribution in [3.63, 3.8) is 0 Å². The molecule has 100 valence electrons. The molecule has 0 amide bonds. The molecule has 0 saturated carbocycles. The summed E-state index contributed by atoms with van der Waals surface area (Å²) in [5, 5.41) is 0. The number of aryl methyl sites for hydroxylation is 1. The minimum absolute atomic E-state index is 0.0269. The third-order valence-corrected chi connectivity index (χ3v) is 2.85. The summed E-state index contributed by atoms with van der Waals surface area (Å²) in [6, 6.07) is 4.73. The molecule has 0 aliphatic rings. The van der Waals surface area contributed by atoms with Crippen LogP contribution in [0.5, 0.6) is 0 Å². The standard InChI is InChI=1S/C14H11F4N/c1-7-2-3-10(15)9(4-7)14(19)8-5-11(16)13(18)12(17)6-8/h2-6,14H,19H2,1H3. The summed E-state index contributed by atoms with van der Waals surface area (Å²) in [5.74, 6) is -4.85. The average molecular weight is 269 g/mol. The van der Waals surface area contributed by atoms with Crippen LogP contribution in [-0.4, -0.2) is 0 Å². The highest BCUT2D eigenvalue weighted by molar-refractivity contribution is 5.35. The van der Waals surface area contributed by atoms with E-state index in [1.807, 2.05) is 0 Å².